The van der Waals surface area contributed by atoms with Gasteiger partial charge in [0.1, 0.15) is 12.4 Å². The summed E-state index contributed by atoms with van der Waals surface area (Å²) in [4.78, 5) is 7.06. The van der Waals surface area contributed by atoms with E-state index in [0.717, 1.165) is 43.5 Å². The number of hydrogen-bond acceptors (Lipinski definition) is 4. The van der Waals surface area contributed by atoms with Crippen LogP contribution in [0.15, 0.2) is 35.3 Å². The number of aromatic nitrogens is 3. The highest BCUT2D eigenvalue weighted by atomic mass is 15.3. The van der Waals surface area contributed by atoms with Crippen LogP contribution in [0.1, 0.15) is 58.6 Å². The SMILES string of the molecule is Cc1nnc(CN=C(NCCCN(C)c2ccccc2)NC(C)CCC(C)(C)C)n1C. The summed E-state index contributed by atoms with van der Waals surface area (Å²) < 4.78 is 1.99. The minimum absolute atomic E-state index is 0.332. The number of para-hydroxylation sites is 1. The minimum atomic E-state index is 0.332. The van der Waals surface area contributed by atoms with Crippen LogP contribution in [-0.4, -0.2) is 46.9 Å². The van der Waals surface area contributed by atoms with E-state index in [-0.39, 0.29) is 0 Å². The molecule has 1 atom stereocenters. The van der Waals surface area contributed by atoms with E-state index in [1.165, 1.54) is 12.1 Å². The molecule has 1 aromatic carbocycles. The first-order chi connectivity index (χ1) is 14.7. The summed E-state index contributed by atoms with van der Waals surface area (Å²) >= 11 is 0. The van der Waals surface area contributed by atoms with E-state index in [9.17, 15) is 0 Å². The van der Waals surface area contributed by atoms with Crippen molar-refractivity contribution in [2.45, 2.75) is 66.5 Å². The van der Waals surface area contributed by atoms with Gasteiger partial charge in [0, 0.05) is 38.9 Å². The van der Waals surface area contributed by atoms with Crippen LogP contribution in [0.2, 0.25) is 0 Å². The number of aryl methyl sites for hydroxylation is 1. The van der Waals surface area contributed by atoms with Gasteiger partial charge in [0.15, 0.2) is 11.8 Å². The van der Waals surface area contributed by atoms with Crippen molar-refractivity contribution in [1.82, 2.24) is 25.4 Å². The molecule has 0 bridgehead atoms. The lowest BCUT2D eigenvalue weighted by atomic mass is 9.89. The minimum Gasteiger partial charge on any atom is -0.375 e. The highest BCUT2D eigenvalue weighted by Crippen LogP contribution is 2.21. The van der Waals surface area contributed by atoms with E-state index in [2.05, 4.69) is 84.7 Å². The van der Waals surface area contributed by atoms with E-state index in [4.69, 9.17) is 4.99 Å². The third-order valence-corrected chi connectivity index (χ3v) is 5.43. The fraction of sp³-hybridized carbons (Fsp3) is 0.625. The third kappa shape index (κ3) is 8.99. The summed E-state index contributed by atoms with van der Waals surface area (Å²) in [5, 5.41) is 15.4. The van der Waals surface area contributed by atoms with Crippen LogP contribution in [0.4, 0.5) is 5.69 Å². The molecule has 0 fully saturated rings. The smallest absolute Gasteiger partial charge is 0.191 e. The number of rotatable bonds is 10. The van der Waals surface area contributed by atoms with Gasteiger partial charge in [-0.3, -0.25) is 0 Å². The third-order valence-electron chi connectivity index (χ3n) is 5.43. The maximum Gasteiger partial charge on any atom is 0.191 e. The van der Waals surface area contributed by atoms with Crippen molar-refractivity contribution in [1.29, 1.82) is 0 Å². The highest BCUT2D eigenvalue weighted by molar-refractivity contribution is 5.80. The molecule has 7 nitrogen and oxygen atoms in total. The molecule has 172 valence electrons. The number of nitrogens with zero attached hydrogens (tertiary/aromatic N) is 5. The molecule has 1 heterocycles. The van der Waals surface area contributed by atoms with Crippen LogP contribution in [0.5, 0.6) is 0 Å². The van der Waals surface area contributed by atoms with Crippen molar-refractivity contribution in [2.75, 3.05) is 25.0 Å². The van der Waals surface area contributed by atoms with E-state index < -0.39 is 0 Å². The van der Waals surface area contributed by atoms with Crippen LogP contribution >= 0.6 is 0 Å². The molecule has 7 heteroatoms. The Morgan fingerprint density at radius 3 is 2.52 bits per heavy atom. The molecule has 2 aromatic rings. The van der Waals surface area contributed by atoms with Crippen molar-refractivity contribution in [3.8, 4) is 0 Å². The Balaban J connectivity index is 1.91. The van der Waals surface area contributed by atoms with Gasteiger partial charge in [0.2, 0.25) is 0 Å². The molecule has 31 heavy (non-hydrogen) atoms. The number of hydrogen-bond donors (Lipinski definition) is 2. The van der Waals surface area contributed by atoms with Crippen molar-refractivity contribution < 1.29 is 0 Å². The second-order valence-corrected chi connectivity index (χ2v) is 9.57. The molecule has 1 unspecified atom stereocenters. The number of guanidine groups is 1. The largest absolute Gasteiger partial charge is 0.375 e. The number of aliphatic imine (C=N–C) groups is 1. The quantitative estimate of drug-likeness (QED) is 0.342. The predicted molar refractivity (Wildman–Crippen MR) is 130 cm³/mol. The number of anilines is 1. The molecular formula is C24H41N7. The lowest BCUT2D eigenvalue weighted by Crippen LogP contribution is -2.43. The summed E-state index contributed by atoms with van der Waals surface area (Å²) in [5.41, 5.74) is 1.57. The van der Waals surface area contributed by atoms with Crippen molar-refractivity contribution >= 4 is 11.6 Å². The van der Waals surface area contributed by atoms with E-state index >= 15 is 0 Å². The van der Waals surface area contributed by atoms with Crippen molar-refractivity contribution in [3.63, 3.8) is 0 Å². The Morgan fingerprint density at radius 1 is 1.19 bits per heavy atom. The lowest BCUT2D eigenvalue weighted by molar-refractivity contribution is 0.346. The molecule has 2 rings (SSSR count). The Labute approximate surface area is 188 Å². The Morgan fingerprint density at radius 2 is 1.90 bits per heavy atom. The van der Waals surface area contributed by atoms with Crippen LogP contribution in [0.3, 0.4) is 0 Å². The molecule has 0 saturated heterocycles. The molecule has 0 spiro atoms. The number of nitrogens with one attached hydrogen (secondary N) is 2. The van der Waals surface area contributed by atoms with Gasteiger partial charge < -0.3 is 20.1 Å². The average Bonchev–Trinajstić information content (AvgIpc) is 3.05. The summed E-state index contributed by atoms with van der Waals surface area (Å²) in [6, 6.07) is 10.8. The van der Waals surface area contributed by atoms with Gasteiger partial charge in [-0.2, -0.15) is 0 Å². The second kappa shape index (κ2) is 11.7. The predicted octanol–water partition coefficient (Wildman–Crippen LogP) is 3.90. The molecule has 0 radical (unpaired) electrons. The first kappa shape index (κ1) is 24.7. The Bertz CT molecular complexity index is 805. The topological polar surface area (TPSA) is 70.4 Å². The van der Waals surface area contributed by atoms with Gasteiger partial charge in [0.05, 0.1) is 0 Å². The van der Waals surface area contributed by atoms with Gasteiger partial charge in [-0.1, -0.05) is 39.0 Å². The van der Waals surface area contributed by atoms with Gasteiger partial charge >= 0.3 is 0 Å². The Hall–Kier alpha value is -2.57. The standard InChI is InChI=1S/C24H41N7/c1-19(14-15-24(3,4)5)27-23(26-18-22-29-28-20(2)31(22)7)25-16-11-17-30(6)21-12-9-8-10-13-21/h8-10,12-13,19H,11,14-18H2,1-7H3,(H2,25,26,27). The van der Waals surface area contributed by atoms with Crippen LogP contribution in [0.25, 0.3) is 0 Å². The normalized spacial score (nSPS) is 13.2. The van der Waals surface area contributed by atoms with E-state index in [1.54, 1.807) is 0 Å². The number of benzene rings is 1. The van der Waals surface area contributed by atoms with E-state index in [1.807, 2.05) is 24.6 Å². The Kier molecular flexibility index (Phi) is 9.34. The lowest BCUT2D eigenvalue weighted by Gasteiger charge is -2.23. The molecule has 0 saturated carbocycles. The van der Waals surface area contributed by atoms with Gasteiger partial charge in [0.25, 0.3) is 0 Å². The van der Waals surface area contributed by atoms with Gasteiger partial charge in [-0.05, 0) is 50.7 Å². The summed E-state index contributed by atoms with van der Waals surface area (Å²) in [7, 11) is 4.11. The van der Waals surface area contributed by atoms with Crippen LogP contribution < -0.4 is 15.5 Å². The van der Waals surface area contributed by atoms with E-state index in [0.29, 0.717) is 18.0 Å². The summed E-state index contributed by atoms with van der Waals surface area (Å²) in [5.74, 6) is 2.60. The first-order valence-corrected chi connectivity index (χ1v) is 11.3. The molecular weight excluding hydrogens is 386 g/mol. The van der Waals surface area contributed by atoms with Crippen molar-refractivity contribution in [3.05, 3.63) is 42.0 Å². The zero-order valence-electron chi connectivity index (χ0n) is 20.4. The van der Waals surface area contributed by atoms with Gasteiger partial charge in [-0.25, -0.2) is 4.99 Å². The first-order valence-electron chi connectivity index (χ1n) is 11.3. The fourth-order valence-electron chi connectivity index (χ4n) is 3.18. The van der Waals surface area contributed by atoms with Crippen LogP contribution in [-0.2, 0) is 13.6 Å². The van der Waals surface area contributed by atoms with Crippen molar-refractivity contribution in [2.24, 2.45) is 17.5 Å². The average molecular weight is 428 g/mol. The molecule has 2 N–H and O–H groups in total. The van der Waals surface area contributed by atoms with Crippen LogP contribution in [0, 0.1) is 12.3 Å². The maximum atomic E-state index is 4.78. The molecule has 1 aromatic heterocycles. The molecule has 0 amide bonds. The molecule has 0 aliphatic heterocycles. The monoisotopic (exact) mass is 427 g/mol. The van der Waals surface area contributed by atoms with Gasteiger partial charge in [-0.15, -0.1) is 10.2 Å². The zero-order chi connectivity index (χ0) is 22.9. The zero-order valence-corrected chi connectivity index (χ0v) is 20.4. The molecule has 0 aliphatic rings. The second-order valence-electron chi connectivity index (χ2n) is 9.57. The maximum absolute atomic E-state index is 4.78. The summed E-state index contributed by atoms with van der Waals surface area (Å²) in [6.45, 7) is 13.4. The fourth-order valence-corrected chi connectivity index (χ4v) is 3.18. The summed E-state index contributed by atoms with van der Waals surface area (Å²) in [6.07, 6.45) is 3.29. The highest BCUT2D eigenvalue weighted by Gasteiger charge is 2.14. The molecule has 0 aliphatic carbocycles.